The van der Waals surface area contributed by atoms with E-state index in [2.05, 4.69) is 4.98 Å². The molecule has 0 saturated carbocycles. The van der Waals surface area contributed by atoms with E-state index in [1.54, 1.807) is 6.07 Å². The first-order valence-corrected chi connectivity index (χ1v) is 11.0. The van der Waals surface area contributed by atoms with Gasteiger partial charge in [0.1, 0.15) is 6.10 Å². The van der Waals surface area contributed by atoms with Crippen LogP contribution < -0.4 is 9.64 Å². The van der Waals surface area contributed by atoms with Crippen molar-refractivity contribution < 1.29 is 27.1 Å². The van der Waals surface area contributed by atoms with Crippen molar-refractivity contribution in [2.75, 3.05) is 18.0 Å². The number of sulfonamides is 1. The standard InChI is InChI=1S/C20H20FN3O5S/c21-17-2-1-3-18(22-17)29-15-10-12-23(13-11-15)30(27,28)16-6-4-14(5-7-16)24-19(25)8-9-20(24)26/h1-7,15H,8-13H2. The number of halogens is 1. The number of pyridine rings is 1. The zero-order valence-electron chi connectivity index (χ0n) is 16.0. The summed E-state index contributed by atoms with van der Waals surface area (Å²) in [6.45, 7) is 0.514. The Labute approximate surface area is 173 Å². The molecule has 10 heteroatoms. The van der Waals surface area contributed by atoms with Crippen LogP contribution in [0.4, 0.5) is 10.1 Å². The molecule has 8 nitrogen and oxygen atoms in total. The van der Waals surface area contributed by atoms with Crippen molar-refractivity contribution in [3.63, 3.8) is 0 Å². The van der Waals surface area contributed by atoms with Crippen molar-refractivity contribution >= 4 is 27.5 Å². The van der Waals surface area contributed by atoms with Crippen LogP contribution in [0.5, 0.6) is 5.88 Å². The van der Waals surface area contributed by atoms with Crippen molar-refractivity contribution in [2.24, 2.45) is 0 Å². The van der Waals surface area contributed by atoms with E-state index in [4.69, 9.17) is 4.74 Å². The molecule has 0 atom stereocenters. The molecule has 2 saturated heterocycles. The van der Waals surface area contributed by atoms with Gasteiger partial charge in [0.2, 0.25) is 33.7 Å². The first-order valence-electron chi connectivity index (χ1n) is 9.60. The zero-order valence-corrected chi connectivity index (χ0v) is 16.8. The summed E-state index contributed by atoms with van der Waals surface area (Å²) in [7, 11) is -3.72. The number of aromatic nitrogens is 1. The molecule has 0 unspecified atom stereocenters. The normalized spacial score (nSPS) is 18.8. The topological polar surface area (TPSA) is 96.9 Å². The molecule has 30 heavy (non-hydrogen) atoms. The Bertz CT molecular complexity index is 1050. The number of imide groups is 1. The highest BCUT2D eigenvalue weighted by atomic mass is 32.2. The van der Waals surface area contributed by atoms with Gasteiger partial charge in [-0.25, -0.2) is 8.42 Å². The van der Waals surface area contributed by atoms with Crippen LogP contribution in [0.15, 0.2) is 47.4 Å². The average molecular weight is 433 g/mol. The smallest absolute Gasteiger partial charge is 0.243 e. The van der Waals surface area contributed by atoms with E-state index >= 15 is 0 Å². The van der Waals surface area contributed by atoms with E-state index < -0.39 is 16.0 Å². The number of anilines is 1. The van der Waals surface area contributed by atoms with Crippen LogP contribution >= 0.6 is 0 Å². The number of piperidine rings is 1. The van der Waals surface area contributed by atoms with E-state index in [0.29, 0.717) is 18.5 Å². The maximum atomic E-state index is 13.2. The molecule has 2 aromatic rings. The van der Waals surface area contributed by atoms with Gasteiger partial charge < -0.3 is 4.74 Å². The summed E-state index contributed by atoms with van der Waals surface area (Å²) in [5.41, 5.74) is 0.371. The second kappa shape index (κ2) is 8.11. The van der Waals surface area contributed by atoms with Crippen molar-refractivity contribution in [3.05, 3.63) is 48.4 Å². The Kier molecular flexibility index (Phi) is 5.52. The molecule has 0 N–H and O–H groups in total. The molecule has 0 radical (unpaired) electrons. The summed E-state index contributed by atoms with van der Waals surface area (Å²) in [6.07, 6.45) is 0.987. The second-order valence-corrected chi connectivity index (χ2v) is 9.07. The number of nitrogens with zero attached hydrogens (tertiary/aromatic N) is 3. The minimum Gasteiger partial charge on any atom is -0.474 e. The van der Waals surface area contributed by atoms with Crippen molar-refractivity contribution in [1.29, 1.82) is 0 Å². The molecule has 1 aromatic carbocycles. The van der Waals surface area contributed by atoms with E-state index in [-0.39, 0.29) is 54.6 Å². The Morgan fingerprint density at radius 2 is 1.60 bits per heavy atom. The Morgan fingerprint density at radius 3 is 2.20 bits per heavy atom. The number of carbonyl (C=O) groups is 2. The van der Waals surface area contributed by atoms with E-state index in [0.717, 1.165) is 4.90 Å². The third kappa shape index (κ3) is 4.05. The van der Waals surface area contributed by atoms with Crippen molar-refractivity contribution in [1.82, 2.24) is 9.29 Å². The molecule has 2 aliphatic heterocycles. The number of ether oxygens (including phenoxy) is 1. The van der Waals surface area contributed by atoms with Crippen LogP contribution in [0, 0.1) is 5.95 Å². The number of amides is 2. The highest BCUT2D eigenvalue weighted by molar-refractivity contribution is 7.89. The fourth-order valence-electron chi connectivity index (χ4n) is 3.60. The SMILES string of the molecule is O=C1CCC(=O)N1c1ccc(S(=O)(=O)N2CCC(Oc3cccc(F)n3)CC2)cc1. The van der Waals surface area contributed by atoms with Crippen LogP contribution in [0.25, 0.3) is 0 Å². The molecule has 2 aliphatic rings. The molecular formula is C20H20FN3O5S. The number of rotatable bonds is 5. The predicted octanol–water partition coefficient (Wildman–Crippen LogP) is 2.11. The van der Waals surface area contributed by atoms with Gasteiger partial charge in [-0.15, -0.1) is 0 Å². The van der Waals surface area contributed by atoms with E-state index in [1.165, 1.54) is 40.7 Å². The summed E-state index contributed by atoms with van der Waals surface area (Å²) in [5, 5.41) is 0. The zero-order chi connectivity index (χ0) is 21.3. The third-order valence-corrected chi connectivity index (χ3v) is 7.08. The molecule has 0 spiro atoms. The maximum absolute atomic E-state index is 13.2. The molecule has 3 heterocycles. The molecule has 4 rings (SSSR count). The fraction of sp³-hybridized carbons (Fsp3) is 0.350. The average Bonchev–Trinajstić information content (AvgIpc) is 3.07. The highest BCUT2D eigenvalue weighted by Gasteiger charge is 2.32. The minimum atomic E-state index is -3.72. The van der Waals surface area contributed by atoms with Gasteiger partial charge in [0.15, 0.2) is 0 Å². The lowest BCUT2D eigenvalue weighted by Crippen LogP contribution is -2.41. The van der Waals surface area contributed by atoms with Gasteiger partial charge in [-0.3, -0.25) is 14.5 Å². The number of carbonyl (C=O) groups excluding carboxylic acids is 2. The van der Waals surface area contributed by atoms with Crippen LogP contribution in [0.3, 0.4) is 0 Å². The van der Waals surface area contributed by atoms with Gasteiger partial charge in [-0.05, 0) is 43.2 Å². The summed E-state index contributed by atoms with van der Waals surface area (Å²) >= 11 is 0. The first kappa shape index (κ1) is 20.4. The molecule has 1 aromatic heterocycles. The number of benzene rings is 1. The lowest BCUT2D eigenvalue weighted by atomic mass is 10.1. The third-order valence-electron chi connectivity index (χ3n) is 5.16. The van der Waals surface area contributed by atoms with Gasteiger partial charge >= 0.3 is 0 Å². The summed E-state index contributed by atoms with van der Waals surface area (Å²) in [5.74, 6) is -1.03. The van der Waals surface area contributed by atoms with Crippen LogP contribution in [-0.2, 0) is 19.6 Å². The molecule has 0 aliphatic carbocycles. The molecular weight excluding hydrogens is 413 g/mol. The van der Waals surface area contributed by atoms with Gasteiger partial charge in [-0.2, -0.15) is 13.7 Å². The quantitative estimate of drug-likeness (QED) is 0.529. The highest BCUT2D eigenvalue weighted by Crippen LogP contribution is 2.27. The minimum absolute atomic E-state index is 0.0940. The Hall–Kier alpha value is -2.85. The second-order valence-electron chi connectivity index (χ2n) is 7.14. The maximum Gasteiger partial charge on any atom is 0.243 e. The largest absolute Gasteiger partial charge is 0.474 e. The molecule has 158 valence electrons. The van der Waals surface area contributed by atoms with Gasteiger partial charge in [0.25, 0.3) is 0 Å². The van der Waals surface area contributed by atoms with Crippen LogP contribution in [-0.4, -0.2) is 48.7 Å². The lowest BCUT2D eigenvalue weighted by molar-refractivity contribution is -0.121. The Balaban J connectivity index is 1.40. The summed E-state index contributed by atoms with van der Waals surface area (Å²) in [4.78, 5) is 28.5. The van der Waals surface area contributed by atoms with Gasteiger partial charge in [0, 0.05) is 32.0 Å². The fourth-order valence-corrected chi connectivity index (χ4v) is 5.07. The number of hydrogen-bond acceptors (Lipinski definition) is 6. The molecule has 2 amide bonds. The number of hydrogen-bond donors (Lipinski definition) is 0. The predicted molar refractivity (Wildman–Crippen MR) is 105 cm³/mol. The van der Waals surface area contributed by atoms with Crippen LogP contribution in [0.2, 0.25) is 0 Å². The van der Waals surface area contributed by atoms with Gasteiger partial charge in [0.05, 0.1) is 10.6 Å². The summed E-state index contributed by atoms with van der Waals surface area (Å²) < 4.78 is 46.1. The monoisotopic (exact) mass is 433 g/mol. The lowest BCUT2D eigenvalue weighted by Gasteiger charge is -2.31. The van der Waals surface area contributed by atoms with Crippen LogP contribution in [0.1, 0.15) is 25.7 Å². The molecule has 2 fully saturated rings. The van der Waals surface area contributed by atoms with Crippen molar-refractivity contribution in [2.45, 2.75) is 36.7 Å². The Morgan fingerprint density at radius 1 is 0.967 bits per heavy atom. The summed E-state index contributed by atoms with van der Waals surface area (Å²) in [6, 6.07) is 10.0. The van der Waals surface area contributed by atoms with E-state index in [9.17, 15) is 22.4 Å². The van der Waals surface area contributed by atoms with Crippen molar-refractivity contribution in [3.8, 4) is 5.88 Å². The van der Waals surface area contributed by atoms with Gasteiger partial charge in [-0.1, -0.05) is 6.07 Å². The molecule has 0 bridgehead atoms. The first-order chi connectivity index (χ1) is 14.3. The van der Waals surface area contributed by atoms with E-state index in [1.807, 2.05) is 0 Å².